The van der Waals surface area contributed by atoms with E-state index in [1.165, 1.54) is 5.69 Å². The minimum atomic E-state index is -1.69. The highest BCUT2D eigenvalue weighted by Gasteiger charge is 2.37. The van der Waals surface area contributed by atoms with Crippen LogP contribution in [0.3, 0.4) is 0 Å². The van der Waals surface area contributed by atoms with E-state index < -0.39 is 8.32 Å². The van der Waals surface area contributed by atoms with Crippen molar-refractivity contribution in [1.29, 1.82) is 0 Å². The monoisotopic (exact) mass is 255 g/mol. The van der Waals surface area contributed by atoms with Gasteiger partial charge in [0.15, 0.2) is 8.32 Å². The Bertz CT molecular complexity index is 380. The molecular formula is C12H25N3OSi. The summed E-state index contributed by atoms with van der Waals surface area (Å²) in [4.78, 5) is 0. The van der Waals surface area contributed by atoms with E-state index in [1.54, 1.807) is 0 Å². The molecule has 17 heavy (non-hydrogen) atoms. The first-order chi connectivity index (χ1) is 7.69. The maximum absolute atomic E-state index is 6.16. The molecule has 1 aromatic heterocycles. The Morgan fingerprint density at radius 3 is 2.35 bits per heavy atom. The predicted octanol–water partition coefficient (Wildman–Crippen LogP) is 2.90. The summed E-state index contributed by atoms with van der Waals surface area (Å²) < 4.78 is 8.00. The lowest BCUT2D eigenvalue weighted by Crippen LogP contribution is -2.40. The molecule has 0 amide bonds. The fourth-order valence-corrected chi connectivity index (χ4v) is 2.36. The van der Waals surface area contributed by atoms with Crippen molar-refractivity contribution in [3.05, 3.63) is 11.4 Å². The number of nitrogens with zero attached hydrogens (tertiary/aromatic N) is 3. The summed E-state index contributed by atoms with van der Waals surface area (Å²) in [7, 11) is 0.241. The summed E-state index contributed by atoms with van der Waals surface area (Å²) in [6.07, 6.45) is 0.944. The third kappa shape index (κ3) is 3.16. The smallest absolute Gasteiger partial charge is 0.192 e. The van der Waals surface area contributed by atoms with E-state index in [0.717, 1.165) is 12.1 Å². The van der Waals surface area contributed by atoms with Crippen LogP contribution in [0.4, 0.5) is 0 Å². The number of aryl methyl sites for hydroxylation is 1. The molecule has 0 bridgehead atoms. The molecule has 0 atom stereocenters. The number of hydrogen-bond donors (Lipinski definition) is 0. The fraction of sp³-hybridized carbons (Fsp3) is 0.833. The lowest BCUT2D eigenvalue weighted by atomic mass is 10.2. The van der Waals surface area contributed by atoms with E-state index >= 15 is 0 Å². The third-order valence-corrected chi connectivity index (χ3v) is 8.21. The summed E-state index contributed by atoms with van der Waals surface area (Å²) in [5, 5.41) is 8.47. The van der Waals surface area contributed by atoms with E-state index in [1.807, 2.05) is 11.7 Å². The highest BCUT2D eigenvalue weighted by Crippen LogP contribution is 2.37. The molecule has 0 unspecified atom stereocenters. The van der Waals surface area contributed by atoms with Crippen molar-refractivity contribution < 1.29 is 4.43 Å². The second kappa shape index (κ2) is 4.90. The van der Waals surface area contributed by atoms with Gasteiger partial charge in [0, 0.05) is 7.05 Å². The van der Waals surface area contributed by atoms with Crippen molar-refractivity contribution in [2.75, 3.05) is 0 Å². The van der Waals surface area contributed by atoms with Crippen molar-refractivity contribution in [2.45, 2.75) is 58.9 Å². The molecule has 0 aromatic carbocycles. The zero-order chi connectivity index (χ0) is 13.3. The molecule has 1 heterocycles. The molecule has 0 saturated carbocycles. The van der Waals surface area contributed by atoms with E-state index in [-0.39, 0.29) is 5.04 Å². The molecular weight excluding hydrogens is 230 g/mol. The van der Waals surface area contributed by atoms with Crippen LogP contribution < -0.4 is 0 Å². The van der Waals surface area contributed by atoms with Gasteiger partial charge in [0.2, 0.25) is 0 Å². The summed E-state index contributed by atoms with van der Waals surface area (Å²) in [6, 6.07) is 0. The van der Waals surface area contributed by atoms with Gasteiger partial charge in [0.05, 0.1) is 12.3 Å². The lowest BCUT2D eigenvalue weighted by molar-refractivity contribution is 0.271. The molecule has 1 aromatic rings. The van der Waals surface area contributed by atoms with Crippen LogP contribution in [-0.4, -0.2) is 23.3 Å². The molecule has 0 radical (unpaired) electrons. The molecule has 4 nitrogen and oxygen atoms in total. The fourth-order valence-electron chi connectivity index (χ4n) is 1.43. The highest BCUT2D eigenvalue weighted by molar-refractivity contribution is 6.74. The largest absolute Gasteiger partial charge is 0.411 e. The molecule has 0 aliphatic rings. The van der Waals surface area contributed by atoms with Crippen molar-refractivity contribution in [3.63, 3.8) is 0 Å². The minimum absolute atomic E-state index is 0.238. The normalized spacial score (nSPS) is 13.1. The van der Waals surface area contributed by atoms with Crippen molar-refractivity contribution >= 4 is 8.32 Å². The summed E-state index contributed by atoms with van der Waals surface area (Å²) in [5.41, 5.74) is 2.16. The second-order valence-electron chi connectivity index (χ2n) is 6.01. The molecule has 0 aliphatic heterocycles. The first-order valence-electron chi connectivity index (χ1n) is 6.20. The van der Waals surface area contributed by atoms with Gasteiger partial charge in [-0.1, -0.05) is 32.9 Å². The van der Waals surface area contributed by atoms with Gasteiger partial charge in [0.25, 0.3) is 0 Å². The van der Waals surface area contributed by atoms with Crippen LogP contribution in [-0.2, 0) is 24.5 Å². The van der Waals surface area contributed by atoms with Gasteiger partial charge in [-0.15, -0.1) is 5.10 Å². The standard InChI is InChI=1S/C12H25N3OSi/c1-8-11-10(13-14-15(11)5)9-16-17(6,7)12(2,3)4/h8-9H2,1-7H3. The van der Waals surface area contributed by atoms with Gasteiger partial charge in [-0.3, -0.25) is 4.68 Å². The summed E-state index contributed by atoms with van der Waals surface area (Å²) >= 11 is 0. The molecule has 5 heteroatoms. The molecule has 0 spiro atoms. The van der Waals surface area contributed by atoms with Crippen LogP contribution in [0.5, 0.6) is 0 Å². The summed E-state index contributed by atoms with van der Waals surface area (Å²) in [6.45, 7) is 14.0. The third-order valence-electron chi connectivity index (χ3n) is 3.73. The quantitative estimate of drug-likeness (QED) is 0.777. The van der Waals surface area contributed by atoms with Crippen LogP contribution in [0.25, 0.3) is 0 Å². The van der Waals surface area contributed by atoms with Gasteiger partial charge in [-0.2, -0.15) is 0 Å². The summed E-state index contributed by atoms with van der Waals surface area (Å²) in [5.74, 6) is 0. The molecule has 0 N–H and O–H groups in total. The average molecular weight is 255 g/mol. The van der Waals surface area contributed by atoms with E-state index in [4.69, 9.17) is 4.43 Å². The topological polar surface area (TPSA) is 39.9 Å². The van der Waals surface area contributed by atoms with E-state index in [9.17, 15) is 0 Å². The van der Waals surface area contributed by atoms with Crippen LogP contribution in [0.15, 0.2) is 0 Å². The Hall–Kier alpha value is -0.683. The van der Waals surface area contributed by atoms with Gasteiger partial charge < -0.3 is 4.43 Å². The minimum Gasteiger partial charge on any atom is -0.411 e. The number of rotatable bonds is 4. The maximum Gasteiger partial charge on any atom is 0.192 e. The Balaban J connectivity index is 2.74. The maximum atomic E-state index is 6.16. The Kier molecular flexibility index (Phi) is 4.14. The first-order valence-corrected chi connectivity index (χ1v) is 9.11. The molecule has 98 valence electrons. The molecule has 0 saturated heterocycles. The second-order valence-corrected chi connectivity index (χ2v) is 10.8. The lowest BCUT2D eigenvalue weighted by Gasteiger charge is -2.35. The highest BCUT2D eigenvalue weighted by atomic mass is 28.4. The molecule has 1 rings (SSSR count). The van der Waals surface area contributed by atoms with E-state index in [2.05, 4.69) is 51.1 Å². The van der Waals surface area contributed by atoms with Crippen LogP contribution in [0.2, 0.25) is 18.1 Å². The Morgan fingerprint density at radius 2 is 1.88 bits per heavy atom. The number of aromatic nitrogens is 3. The van der Waals surface area contributed by atoms with Gasteiger partial charge >= 0.3 is 0 Å². The van der Waals surface area contributed by atoms with E-state index in [0.29, 0.717) is 6.61 Å². The zero-order valence-electron chi connectivity index (χ0n) is 12.2. The van der Waals surface area contributed by atoms with Crippen LogP contribution >= 0.6 is 0 Å². The van der Waals surface area contributed by atoms with Crippen molar-refractivity contribution in [1.82, 2.24) is 15.0 Å². The Labute approximate surface area is 105 Å². The zero-order valence-corrected chi connectivity index (χ0v) is 13.2. The SMILES string of the molecule is CCc1c(CO[Si](C)(C)C(C)(C)C)nnn1C. The molecule has 0 fully saturated rings. The average Bonchev–Trinajstić information content (AvgIpc) is 2.54. The predicted molar refractivity (Wildman–Crippen MR) is 72.4 cm³/mol. The van der Waals surface area contributed by atoms with Gasteiger partial charge in [0.1, 0.15) is 5.69 Å². The van der Waals surface area contributed by atoms with Crippen molar-refractivity contribution in [3.8, 4) is 0 Å². The Morgan fingerprint density at radius 1 is 1.29 bits per heavy atom. The van der Waals surface area contributed by atoms with Crippen molar-refractivity contribution in [2.24, 2.45) is 7.05 Å². The van der Waals surface area contributed by atoms with Gasteiger partial charge in [-0.25, -0.2) is 0 Å². The first kappa shape index (κ1) is 14.4. The van der Waals surface area contributed by atoms with Crippen LogP contribution in [0, 0.1) is 0 Å². The van der Waals surface area contributed by atoms with Crippen LogP contribution in [0.1, 0.15) is 39.1 Å². The van der Waals surface area contributed by atoms with Gasteiger partial charge in [-0.05, 0) is 24.6 Å². The number of hydrogen-bond acceptors (Lipinski definition) is 3. The molecule has 0 aliphatic carbocycles.